The van der Waals surface area contributed by atoms with E-state index in [4.69, 9.17) is 0 Å². The molecule has 0 aliphatic rings. The monoisotopic (exact) mass is 222 g/mol. The van der Waals surface area contributed by atoms with Crippen molar-refractivity contribution in [1.29, 1.82) is 0 Å². The summed E-state index contributed by atoms with van der Waals surface area (Å²) in [7, 11) is 0. The van der Waals surface area contributed by atoms with Gasteiger partial charge in [-0.1, -0.05) is 20.8 Å². The predicted molar refractivity (Wildman–Crippen MR) is 66.4 cm³/mol. The maximum Gasteiger partial charge on any atom is 0.225 e. The molecule has 1 aromatic rings. The number of nitrogens with zero attached hydrogens (tertiary/aromatic N) is 1. The first-order valence-corrected chi connectivity index (χ1v) is 5.73. The van der Waals surface area contributed by atoms with Crippen molar-refractivity contribution in [1.82, 2.24) is 9.88 Å². The molecule has 0 aliphatic carbocycles. The van der Waals surface area contributed by atoms with Crippen LogP contribution in [0.4, 0.5) is 0 Å². The summed E-state index contributed by atoms with van der Waals surface area (Å²) in [4.78, 5) is 11.6. The fourth-order valence-corrected chi connectivity index (χ4v) is 1.60. The van der Waals surface area contributed by atoms with Gasteiger partial charge in [0.2, 0.25) is 5.91 Å². The van der Waals surface area contributed by atoms with Gasteiger partial charge in [0.25, 0.3) is 0 Å². The van der Waals surface area contributed by atoms with Crippen LogP contribution in [0.2, 0.25) is 0 Å². The van der Waals surface area contributed by atoms with Gasteiger partial charge < -0.3 is 9.88 Å². The second-order valence-electron chi connectivity index (χ2n) is 5.27. The van der Waals surface area contributed by atoms with Crippen molar-refractivity contribution in [3.8, 4) is 0 Å². The van der Waals surface area contributed by atoms with Crippen LogP contribution < -0.4 is 5.32 Å². The molecule has 0 aliphatic heterocycles. The Balaban J connectivity index is 2.46. The van der Waals surface area contributed by atoms with Gasteiger partial charge in [-0.05, 0) is 26.0 Å². The zero-order valence-corrected chi connectivity index (χ0v) is 10.9. The minimum atomic E-state index is -0.305. The molecule has 0 atom stereocenters. The molecule has 0 saturated carbocycles. The van der Waals surface area contributed by atoms with Crippen LogP contribution in [0.25, 0.3) is 0 Å². The number of aromatic nitrogens is 1. The summed E-state index contributed by atoms with van der Waals surface area (Å²) >= 11 is 0. The van der Waals surface area contributed by atoms with Gasteiger partial charge in [0, 0.05) is 29.9 Å². The Bertz CT molecular complexity index is 352. The van der Waals surface area contributed by atoms with Gasteiger partial charge in [-0.3, -0.25) is 4.79 Å². The first kappa shape index (κ1) is 12.8. The van der Waals surface area contributed by atoms with E-state index in [2.05, 4.69) is 35.9 Å². The van der Waals surface area contributed by atoms with Crippen molar-refractivity contribution in [2.45, 2.75) is 41.2 Å². The van der Waals surface area contributed by atoms with Gasteiger partial charge in [0.1, 0.15) is 0 Å². The molecule has 0 spiro atoms. The number of carbonyl (C=O) groups is 1. The van der Waals surface area contributed by atoms with Crippen molar-refractivity contribution < 1.29 is 4.79 Å². The van der Waals surface area contributed by atoms with E-state index in [1.807, 2.05) is 20.8 Å². The van der Waals surface area contributed by atoms with Crippen LogP contribution in [0, 0.1) is 19.3 Å². The number of amides is 1. The van der Waals surface area contributed by atoms with Crippen molar-refractivity contribution >= 4 is 5.91 Å². The van der Waals surface area contributed by atoms with Gasteiger partial charge in [-0.2, -0.15) is 0 Å². The van der Waals surface area contributed by atoms with Crippen molar-refractivity contribution in [3.05, 3.63) is 23.5 Å². The summed E-state index contributed by atoms with van der Waals surface area (Å²) in [6, 6.07) is 4.20. The normalized spacial score (nSPS) is 11.6. The summed E-state index contributed by atoms with van der Waals surface area (Å²) < 4.78 is 2.21. The first-order chi connectivity index (χ1) is 7.32. The molecule has 0 unspecified atom stereocenters. The minimum Gasteiger partial charge on any atom is -0.354 e. The highest BCUT2D eigenvalue weighted by Gasteiger charge is 2.20. The number of nitrogens with one attached hydrogen (secondary N) is 1. The maximum absolute atomic E-state index is 11.6. The molecular weight excluding hydrogens is 200 g/mol. The van der Waals surface area contributed by atoms with E-state index in [0.29, 0.717) is 6.54 Å². The molecule has 1 amide bonds. The summed E-state index contributed by atoms with van der Waals surface area (Å²) in [6.45, 7) is 11.5. The molecule has 1 heterocycles. The fraction of sp³-hybridized carbons (Fsp3) is 0.615. The van der Waals surface area contributed by atoms with Crippen molar-refractivity contribution in [2.75, 3.05) is 6.54 Å². The van der Waals surface area contributed by atoms with E-state index in [1.165, 1.54) is 11.4 Å². The Morgan fingerprint density at radius 3 is 2.19 bits per heavy atom. The topological polar surface area (TPSA) is 34.0 Å². The molecule has 1 N–H and O–H groups in total. The predicted octanol–water partition coefficient (Wildman–Crippen LogP) is 2.27. The molecule has 0 fully saturated rings. The smallest absolute Gasteiger partial charge is 0.225 e. The minimum absolute atomic E-state index is 0.106. The summed E-state index contributed by atoms with van der Waals surface area (Å²) in [6.07, 6.45) is 0. The molecule has 0 saturated heterocycles. The van der Waals surface area contributed by atoms with Gasteiger partial charge in [0.15, 0.2) is 0 Å². The lowest BCUT2D eigenvalue weighted by Crippen LogP contribution is -2.36. The molecule has 1 rings (SSSR count). The summed E-state index contributed by atoms with van der Waals surface area (Å²) in [5, 5.41) is 2.96. The fourth-order valence-electron chi connectivity index (χ4n) is 1.60. The molecule has 0 radical (unpaired) electrons. The summed E-state index contributed by atoms with van der Waals surface area (Å²) in [5.41, 5.74) is 2.17. The second-order valence-corrected chi connectivity index (χ2v) is 5.27. The molecule has 0 aromatic carbocycles. The molecule has 0 bridgehead atoms. The molecule has 1 aromatic heterocycles. The van der Waals surface area contributed by atoms with Crippen molar-refractivity contribution in [3.63, 3.8) is 0 Å². The third kappa shape index (κ3) is 3.12. The molecule has 16 heavy (non-hydrogen) atoms. The molecule has 90 valence electrons. The average Bonchev–Trinajstić information content (AvgIpc) is 2.47. The standard InChI is InChI=1S/C13H22N2O/c1-10-6-7-11(2)15(10)9-8-14-12(16)13(3,4)5/h6-7H,8-9H2,1-5H3,(H,14,16). The second kappa shape index (κ2) is 4.73. The SMILES string of the molecule is Cc1ccc(C)n1CCNC(=O)C(C)(C)C. The van der Waals surface area contributed by atoms with Gasteiger partial charge >= 0.3 is 0 Å². The van der Waals surface area contributed by atoms with Gasteiger partial charge in [0.05, 0.1) is 0 Å². The van der Waals surface area contributed by atoms with Crippen LogP contribution in [0.3, 0.4) is 0 Å². The lowest BCUT2D eigenvalue weighted by Gasteiger charge is -2.18. The van der Waals surface area contributed by atoms with Crippen LogP contribution in [-0.4, -0.2) is 17.0 Å². The Kier molecular flexibility index (Phi) is 3.79. The largest absolute Gasteiger partial charge is 0.354 e. The Labute approximate surface area is 97.8 Å². The van der Waals surface area contributed by atoms with Crippen LogP contribution in [-0.2, 0) is 11.3 Å². The van der Waals surface area contributed by atoms with Gasteiger partial charge in [-0.25, -0.2) is 0 Å². The average molecular weight is 222 g/mol. The van der Waals surface area contributed by atoms with E-state index in [0.717, 1.165) is 6.54 Å². The molecule has 3 heteroatoms. The number of rotatable bonds is 3. The maximum atomic E-state index is 11.6. The number of aryl methyl sites for hydroxylation is 2. The zero-order valence-electron chi connectivity index (χ0n) is 10.9. The molecular formula is C13H22N2O. The Morgan fingerprint density at radius 2 is 1.75 bits per heavy atom. The number of hydrogen-bond donors (Lipinski definition) is 1. The lowest BCUT2D eigenvalue weighted by molar-refractivity contribution is -0.128. The lowest BCUT2D eigenvalue weighted by atomic mass is 9.96. The third-order valence-corrected chi connectivity index (χ3v) is 2.72. The quantitative estimate of drug-likeness (QED) is 0.836. The Morgan fingerprint density at radius 1 is 1.25 bits per heavy atom. The van der Waals surface area contributed by atoms with Gasteiger partial charge in [-0.15, -0.1) is 0 Å². The van der Waals surface area contributed by atoms with E-state index in [9.17, 15) is 4.79 Å². The van der Waals surface area contributed by atoms with Crippen LogP contribution in [0.15, 0.2) is 12.1 Å². The molecule has 3 nitrogen and oxygen atoms in total. The van der Waals surface area contributed by atoms with E-state index in [1.54, 1.807) is 0 Å². The first-order valence-electron chi connectivity index (χ1n) is 5.73. The Hall–Kier alpha value is -1.25. The summed E-state index contributed by atoms with van der Waals surface area (Å²) in [5.74, 6) is 0.106. The van der Waals surface area contributed by atoms with Crippen LogP contribution in [0.5, 0.6) is 0 Å². The third-order valence-electron chi connectivity index (χ3n) is 2.72. The van der Waals surface area contributed by atoms with Crippen LogP contribution in [0.1, 0.15) is 32.2 Å². The number of carbonyl (C=O) groups excluding carboxylic acids is 1. The van der Waals surface area contributed by atoms with E-state index >= 15 is 0 Å². The highest BCUT2D eigenvalue weighted by atomic mass is 16.2. The van der Waals surface area contributed by atoms with Crippen LogP contribution >= 0.6 is 0 Å². The van der Waals surface area contributed by atoms with E-state index < -0.39 is 0 Å². The number of hydrogen-bond acceptors (Lipinski definition) is 1. The highest BCUT2D eigenvalue weighted by Crippen LogP contribution is 2.12. The van der Waals surface area contributed by atoms with E-state index in [-0.39, 0.29) is 11.3 Å². The van der Waals surface area contributed by atoms with Crippen molar-refractivity contribution in [2.24, 2.45) is 5.41 Å². The highest BCUT2D eigenvalue weighted by molar-refractivity contribution is 5.81. The zero-order chi connectivity index (χ0) is 12.3.